The van der Waals surface area contributed by atoms with Crippen LogP contribution in [0.15, 0.2) is 23.8 Å². The Labute approximate surface area is 249 Å². The molecule has 10 nitrogen and oxygen atoms in total. The van der Waals surface area contributed by atoms with E-state index in [1.54, 1.807) is 18.2 Å². The standard InChI is InChI=1S/C32H49N3O7/c1-19-12-20(2)14-22(4)31(40)23(17-33)8-5-6-11-28(42-30(39)16-27(37)21(3)13-19)25-9-7-10-26(25)32(41)35-29(38)15-24(34)18-36/h5-6,8,18-22,24-28,31,37,40H,7,9-16,34H2,1-4H3,(H,35,38,41)/b6-5+,23-8-/t19-,20+,21-,22-,24?,25+,26+,27-,28-,31+/m0/s1. The minimum absolute atomic E-state index is 0.122. The molecule has 42 heavy (non-hydrogen) atoms. The molecule has 2 amide bonds. The number of cyclic esters (lactones) is 1. The second kappa shape index (κ2) is 17.3. The molecule has 0 aromatic carbocycles. The molecule has 0 radical (unpaired) electrons. The van der Waals surface area contributed by atoms with Crippen molar-refractivity contribution in [3.63, 3.8) is 0 Å². The van der Waals surface area contributed by atoms with E-state index in [9.17, 15) is 34.7 Å². The van der Waals surface area contributed by atoms with Crippen LogP contribution in [0.5, 0.6) is 0 Å². The van der Waals surface area contributed by atoms with Crippen LogP contribution in [0.4, 0.5) is 0 Å². The van der Waals surface area contributed by atoms with Crippen LogP contribution in [0, 0.1) is 46.8 Å². The molecule has 234 valence electrons. The number of hydrogen-bond acceptors (Lipinski definition) is 9. The van der Waals surface area contributed by atoms with Crippen molar-refractivity contribution in [3.05, 3.63) is 23.8 Å². The zero-order valence-corrected chi connectivity index (χ0v) is 25.4. The van der Waals surface area contributed by atoms with Crippen LogP contribution in [0.2, 0.25) is 0 Å². The number of carbonyl (C=O) groups excluding carboxylic acids is 4. The van der Waals surface area contributed by atoms with E-state index in [-0.39, 0.29) is 48.5 Å². The maximum Gasteiger partial charge on any atom is 0.308 e. The summed E-state index contributed by atoms with van der Waals surface area (Å²) in [5.74, 6) is -2.34. The molecule has 1 fully saturated rings. The summed E-state index contributed by atoms with van der Waals surface area (Å²) in [6, 6.07) is 1.10. The Kier molecular flexibility index (Phi) is 14.5. The van der Waals surface area contributed by atoms with Crippen LogP contribution in [-0.4, -0.2) is 58.6 Å². The molecule has 5 N–H and O–H groups in total. The molecule has 0 spiro atoms. The second-order valence-electron chi connectivity index (χ2n) is 12.6. The van der Waals surface area contributed by atoms with Gasteiger partial charge in [0.1, 0.15) is 12.4 Å². The predicted molar refractivity (Wildman–Crippen MR) is 157 cm³/mol. The molecule has 2 rings (SSSR count). The SMILES string of the molecule is C[C@@H]1C[C@H](C)C[C@H](C)[C@@H](O)CC(=O)O[C@H]([C@@H]2CCC[C@H]2C(=O)NC(=O)CC(N)C=O)C/C=C/C=C(/C#N)[C@H](O)[C@@H](C)C1. The number of nitrogens with zero attached hydrogens (tertiary/aromatic N) is 1. The molecular weight excluding hydrogens is 538 g/mol. The van der Waals surface area contributed by atoms with Gasteiger partial charge in [-0.2, -0.15) is 5.26 Å². The van der Waals surface area contributed by atoms with E-state index < -0.39 is 48.1 Å². The van der Waals surface area contributed by atoms with Crippen molar-refractivity contribution >= 4 is 24.1 Å². The fourth-order valence-electron chi connectivity index (χ4n) is 6.53. The van der Waals surface area contributed by atoms with Crippen LogP contribution < -0.4 is 11.1 Å². The molecule has 2 aliphatic rings. The monoisotopic (exact) mass is 587 g/mol. The van der Waals surface area contributed by atoms with Crippen molar-refractivity contribution in [1.29, 1.82) is 5.26 Å². The number of aldehydes is 1. The number of amides is 2. The van der Waals surface area contributed by atoms with Gasteiger partial charge < -0.3 is 25.5 Å². The van der Waals surface area contributed by atoms with Crippen LogP contribution >= 0.6 is 0 Å². The van der Waals surface area contributed by atoms with Crippen molar-refractivity contribution in [3.8, 4) is 6.07 Å². The lowest BCUT2D eigenvalue weighted by Gasteiger charge is -2.29. The second-order valence-corrected chi connectivity index (χ2v) is 12.6. The Morgan fingerprint density at radius 2 is 1.81 bits per heavy atom. The lowest BCUT2D eigenvalue weighted by molar-refractivity contribution is -0.157. The Balaban J connectivity index is 2.31. The topological polar surface area (TPSA) is 180 Å². The number of imide groups is 1. The van der Waals surface area contributed by atoms with Crippen LogP contribution in [0.25, 0.3) is 0 Å². The summed E-state index contributed by atoms with van der Waals surface area (Å²) in [4.78, 5) is 49.0. The zero-order chi connectivity index (χ0) is 31.4. The Hall–Kier alpha value is -2.87. The number of aliphatic hydroxyl groups is 2. The molecule has 1 saturated carbocycles. The molecule has 0 bridgehead atoms. The van der Waals surface area contributed by atoms with Crippen LogP contribution in [0.3, 0.4) is 0 Å². The summed E-state index contributed by atoms with van der Waals surface area (Å²) in [7, 11) is 0. The predicted octanol–water partition coefficient (Wildman–Crippen LogP) is 3.11. The van der Waals surface area contributed by atoms with Gasteiger partial charge in [-0.25, -0.2) is 0 Å². The van der Waals surface area contributed by atoms with E-state index in [1.807, 2.05) is 13.8 Å². The lowest BCUT2D eigenvalue weighted by Crippen LogP contribution is -2.42. The van der Waals surface area contributed by atoms with Gasteiger partial charge in [0.05, 0.1) is 36.3 Å². The summed E-state index contributed by atoms with van der Waals surface area (Å²) in [5, 5.41) is 33.7. The molecule has 10 atom stereocenters. The third kappa shape index (κ3) is 11.1. The number of nitriles is 1. The van der Waals surface area contributed by atoms with Crippen molar-refractivity contribution in [2.75, 3.05) is 0 Å². The van der Waals surface area contributed by atoms with Gasteiger partial charge in [-0.05, 0) is 61.9 Å². The van der Waals surface area contributed by atoms with Crippen molar-refractivity contribution in [2.24, 2.45) is 41.2 Å². The molecule has 1 aliphatic heterocycles. The van der Waals surface area contributed by atoms with Gasteiger partial charge in [-0.1, -0.05) is 46.3 Å². The largest absolute Gasteiger partial charge is 0.462 e. The molecule has 0 aromatic rings. The van der Waals surface area contributed by atoms with E-state index in [2.05, 4.69) is 25.2 Å². The minimum atomic E-state index is -1.00. The first-order chi connectivity index (χ1) is 19.9. The Morgan fingerprint density at radius 1 is 1.14 bits per heavy atom. The van der Waals surface area contributed by atoms with Gasteiger partial charge in [-0.15, -0.1) is 0 Å². The molecular formula is C32H49N3O7. The third-order valence-corrected chi connectivity index (χ3v) is 8.68. The highest BCUT2D eigenvalue weighted by Crippen LogP contribution is 2.37. The van der Waals surface area contributed by atoms with Gasteiger partial charge in [-0.3, -0.25) is 19.7 Å². The number of nitrogens with one attached hydrogen (secondary N) is 1. The number of nitrogens with two attached hydrogens (primary N) is 1. The Morgan fingerprint density at radius 3 is 2.45 bits per heavy atom. The smallest absolute Gasteiger partial charge is 0.308 e. The van der Waals surface area contributed by atoms with Crippen molar-refractivity contribution in [1.82, 2.24) is 5.32 Å². The fourth-order valence-corrected chi connectivity index (χ4v) is 6.53. The number of aliphatic hydroxyl groups excluding tert-OH is 2. The molecule has 0 aromatic heterocycles. The van der Waals surface area contributed by atoms with E-state index in [1.165, 1.54) is 0 Å². The van der Waals surface area contributed by atoms with Crippen molar-refractivity contribution < 1.29 is 34.1 Å². The van der Waals surface area contributed by atoms with Crippen LogP contribution in [-0.2, 0) is 23.9 Å². The van der Waals surface area contributed by atoms with Gasteiger partial charge in [0.25, 0.3) is 0 Å². The number of rotatable bonds is 5. The highest BCUT2D eigenvalue weighted by Gasteiger charge is 2.40. The first-order valence-corrected chi connectivity index (χ1v) is 15.2. The van der Waals surface area contributed by atoms with E-state index in [0.29, 0.717) is 31.5 Å². The normalized spacial score (nSPS) is 36.6. The van der Waals surface area contributed by atoms with Crippen molar-refractivity contribution in [2.45, 2.75) is 110 Å². The van der Waals surface area contributed by atoms with E-state index in [4.69, 9.17) is 10.5 Å². The first-order valence-electron chi connectivity index (χ1n) is 15.2. The molecule has 0 saturated heterocycles. The average Bonchev–Trinajstić information content (AvgIpc) is 3.41. The Bertz CT molecular complexity index is 1040. The zero-order valence-electron chi connectivity index (χ0n) is 25.4. The van der Waals surface area contributed by atoms with Gasteiger partial charge >= 0.3 is 5.97 Å². The average molecular weight is 588 g/mol. The number of esters is 1. The highest BCUT2D eigenvalue weighted by molar-refractivity contribution is 5.97. The maximum atomic E-state index is 13.0. The summed E-state index contributed by atoms with van der Waals surface area (Å²) in [6.45, 7) is 8.09. The lowest BCUT2D eigenvalue weighted by atomic mass is 9.82. The molecule has 1 aliphatic carbocycles. The fraction of sp³-hybridized carbons (Fsp3) is 0.719. The number of hydrogen-bond donors (Lipinski definition) is 4. The number of allylic oxidation sites excluding steroid dienone is 2. The summed E-state index contributed by atoms with van der Waals surface area (Å²) < 4.78 is 5.88. The quantitative estimate of drug-likeness (QED) is 0.278. The summed E-state index contributed by atoms with van der Waals surface area (Å²) in [5.41, 5.74) is 5.75. The van der Waals surface area contributed by atoms with E-state index >= 15 is 0 Å². The number of carbonyl (C=O) groups is 4. The summed E-state index contributed by atoms with van der Waals surface area (Å²) >= 11 is 0. The molecule has 1 heterocycles. The van der Waals surface area contributed by atoms with Gasteiger partial charge in [0.2, 0.25) is 11.8 Å². The maximum absolute atomic E-state index is 13.0. The molecule has 1 unspecified atom stereocenters. The van der Waals surface area contributed by atoms with E-state index in [0.717, 1.165) is 19.3 Å². The van der Waals surface area contributed by atoms with Crippen LogP contribution in [0.1, 0.15) is 85.5 Å². The summed E-state index contributed by atoms with van der Waals surface area (Å²) in [6.07, 6.45) is 6.80. The minimum Gasteiger partial charge on any atom is -0.462 e. The van der Waals surface area contributed by atoms with Gasteiger partial charge in [0, 0.05) is 24.7 Å². The molecule has 10 heteroatoms. The highest BCUT2D eigenvalue weighted by atomic mass is 16.5. The third-order valence-electron chi connectivity index (χ3n) is 8.68. The first kappa shape index (κ1) is 35.3. The van der Waals surface area contributed by atoms with Gasteiger partial charge in [0.15, 0.2) is 0 Å². The number of ether oxygens (including phenoxy) is 1.